The molecule has 0 amide bonds. The molecule has 0 spiro atoms. The van der Waals surface area contributed by atoms with Crippen molar-refractivity contribution in [1.82, 2.24) is 20.3 Å². The summed E-state index contributed by atoms with van der Waals surface area (Å²) in [5.74, 6) is 1.23. The summed E-state index contributed by atoms with van der Waals surface area (Å²) >= 11 is 1.40. The number of hydrogen-bond donors (Lipinski definition) is 4. The van der Waals surface area contributed by atoms with Crippen molar-refractivity contribution in [3.63, 3.8) is 0 Å². The fourth-order valence-corrected chi connectivity index (χ4v) is 4.61. The fraction of sp³-hybridized carbons (Fsp3) is 0.579. The van der Waals surface area contributed by atoms with Crippen molar-refractivity contribution in [2.45, 2.75) is 56.7 Å². The van der Waals surface area contributed by atoms with Gasteiger partial charge in [0.2, 0.25) is 5.95 Å². The van der Waals surface area contributed by atoms with Crippen molar-refractivity contribution >= 4 is 23.1 Å². The quantitative estimate of drug-likeness (QED) is 0.605. The molecule has 1 aliphatic heterocycles. The van der Waals surface area contributed by atoms with E-state index in [1.807, 2.05) is 6.92 Å². The first-order valence-corrected chi connectivity index (χ1v) is 10.6. The molecule has 148 valence electrons. The average Bonchev–Trinajstić information content (AvgIpc) is 3.29. The van der Waals surface area contributed by atoms with Gasteiger partial charge >= 0.3 is 0 Å². The van der Waals surface area contributed by atoms with E-state index >= 15 is 0 Å². The molecule has 2 fully saturated rings. The number of nitriles is 1. The minimum absolute atomic E-state index is 0.0803. The summed E-state index contributed by atoms with van der Waals surface area (Å²) in [5.41, 5.74) is 0.367. The van der Waals surface area contributed by atoms with Gasteiger partial charge in [-0.3, -0.25) is 0 Å². The highest BCUT2D eigenvalue weighted by Gasteiger charge is 2.37. The Hall–Kier alpha value is -2.28. The molecule has 1 saturated heterocycles. The van der Waals surface area contributed by atoms with Crippen molar-refractivity contribution in [2.75, 3.05) is 23.7 Å². The molecule has 3 heterocycles. The van der Waals surface area contributed by atoms with Crippen LogP contribution >= 0.6 is 11.3 Å². The molecule has 2 aromatic rings. The Kier molecular flexibility index (Phi) is 5.44. The molecule has 2 aromatic heterocycles. The number of nitrogens with zero attached hydrogens (tertiary/aromatic N) is 4. The third-order valence-corrected chi connectivity index (χ3v) is 6.42. The Morgan fingerprint density at radius 1 is 1.29 bits per heavy atom. The van der Waals surface area contributed by atoms with E-state index in [4.69, 9.17) is 10.2 Å². The molecule has 0 radical (unpaired) electrons. The maximum absolute atomic E-state index is 10.7. The third-order valence-electron chi connectivity index (χ3n) is 5.55. The largest absolute Gasteiger partial charge is 0.388 e. The Morgan fingerprint density at radius 3 is 2.79 bits per heavy atom. The summed E-state index contributed by atoms with van der Waals surface area (Å²) in [6.45, 7) is 3.84. The van der Waals surface area contributed by atoms with Gasteiger partial charge in [-0.2, -0.15) is 10.2 Å². The number of rotatable bonds is 5. The molecule has 0 bridgehead atoms. The van der Waals surface area contributed by atoms with E-state index in [1.54, 1.807) is 11.6 Å². The molecule has 9 heteroatoms. The molecule has 2 atom stereocenters. The van der Waals surface area contributed by atoms with Crippen LogP contribution in [0.3, 0.4) is 0 Å². The lowest BCUT2D eigenvalue weighted by molar-refractivity contribution is 0.0577. The summed E-state index contributed by atoms with van der Waals surface area (Å²) in [6, 6.07) is 2.33. The number of hydrogen-bond acceptors (Lipinski definition) is 9. The van der Waals surface area contributed by atoms with Gasteiger partial charge in [0, 0.05) is 17.6 Å². The van der Waals surface area contributed by atoms with E-state index in [9.17, 15) is 5.11 Å². The first-order chi connectivity index (χ1) is 13.5. The van der Waals surface area contributed by atoms with Crippen LogP contribution in [-0.4, -0.2) is 50.8 Å². The van der Waals surface area contributed by atoms with Crippen molar-refractivity contribution in [3.8, 4) is 16.6 Å². The normalized spacial score (nSPS) is 25.4. The van der Waals surface area contributed by atoms with Crippen LogP contribution < -0.4 is 16.0 Å². The van der Waals surface area contributed by atoms with E-state index in [-0.39, 0.29) is 6.04 Å². The number of thiazole rings is 1. The first kappa shape index (κ1) is 19.1. The Morgan fingerprint density at radius 2 is 2.11 bits per heavy atom. The van der Waals surface area contributed by atoms with Gasteiger partial charge < -0.3 is 21.1 Å². The highest BCUT2D eigenvalue weighted by molar-refractivity contribution is 7.13. The van der Waals surface area contributed by atoms with Crippen molar-refractivity contribution < 1.29 is 5.11 Å². The Labute approximate surface area is 168 Å². The minimum Gasteiger partial charge on any atom is -0.388 e. The van der Waals surface area contributed by atoms with Gasteiger partial charge in [0.15, 0.2) is 5.69 Å². The highest BCUT2D eigenvalue weighted by atomic mass is 32.1. The summed E-state index contributed by atoms with van der Waals surface area (Å²) in [5, 5.41) is 32.4. The van der Waals surface area contributed by atoms with Crippen LogP contribution in [0, 0.1) is 11.3 Å². The number of nitrogens with one attached hydrogen (secondary N) is 3. The average molecular weight is 400 g/mol. The van der Waals surface area contributed by atoms with Crippen molar-refractivity contribution in [1.29, 1.82) is 5.26 Å². The predicted molar refractivity (Wildman–Crippen MR) is 109 cm³/mol. The Balaban J connectivity index is 1.63. The SMILES string of the molecule is C[C@@]1(O)CCC[C@H]1Nc1nc(NC2CCNCC2)ncc1-c1nc(C#N)cs1. The summed E-state index contributed by atoms with van der Waals surface area (Å²) in [7, 11) is 0. The molecule has 2 aliphatic rings. The van der Waals surface area contributed by atoms with Gasteiger partial charge in [-0.25, -0.2) is 9.97 Å². The number of aromatic nitrogens is 3. The zero-order valence-corrected chi connectivity index (χ0v) is 16.7. The number of anilines is 2. The van der Waals surface area contributed by atoms with Crippen molar-refractivity contribution in [2.24, 2.45) is 0 Å². The van der Waals surface area contributed by atoms with Gasteiger partial charge in [-0.1, -0.05) is 0 Å². The third kappa shape index (κ3) is 4.09. The van der Waals surface area contributed by atoms with Gasteiger partial charge in [-0.15, -0.1) is 11.3 Å². The highest BCUT2D eigenvalue weighted by Crippen LogP contribution is 2.35. The van der Waals surface area contributed by atoms with Crippen LogP contribution in [0.4, 0.5) is 11.8 Å². The molecular formula is C19H25N7OS. The molecule has 1 saturated carbocycles. The molecule has 4 rings (SSSR count). The predicted octanol–water partition coefficient (Wildman–Crippen LogP) is 2.35. The second kappa shape index (κ2) is 7.99. The van der Waals surface area contributed by atoms with Crippen LogP contribution in [-0.2, 0) is 0 Å². The topological polar surface area (TPSA) is 119 Å². The van der Waals surface area contributed by atoms with E-state index in [1.165, 1.54) is 11.3 Å². The van der Waals surface area contributed by atoms with Crippen LogP contribution in [0.15, 0.2) is 11.6 Å². The molecule has 8 nitrogen and oxygen atoms in total. The second-order valence-corrected chi connectivity index (χ2v) is 8.58. The summed E-state index contributed by atoms with van der Waals surface area (Å²) < 4.78 is 0. The van der Waals surface area contributed by atoms with E-state index < -0.39 is 5.60 Å². The lowest BCUT2D eigenvalue weighted by Crippen LogP contribution is -2.40. The summed E-state index contributed by atoms with van der Waals surface area (Å²) in [6.07, 6.45) is 6.44. The lowest BCUT2D eigenvalue weighted by Gasteiger charge is -2.28. The zero-order chi connectivity index (χ0) is 19.6. The van der Waals surface area contributed by atoms with Gasteiger partial charge in [0.05, 0.1) is 17.2 Å². The molecule has 4 N–H and O–H groups in total. The molecule has 0 unspecified atom stereocenters. The monoisotopic (exact) mass is 399 g/mol. The smallest absolute Gasteiger partial charge is 0.224 e. The Bertz CT molecular complexity index is 869. The van der Waals surface area contributed by atoms with Gasteiger partial charge in [0.25, 0.3) is 0 Å². The van der Waals surface area contributed by atoms with E-state index in [0.717, 1.165) is 50.8 Å². The van der Waals surface area contributed by atoms with Crippen LogP contribution in [0.1, 0.15) is 44.7 Å². The number of aliphatic hydroxyl groups is 1. The van der Waals surface area contributed by atoms with Crippen LogP contribution in [0.25, 0.3) is 10.6 Å². The van der Waals surface area contributed by atoms with Gasteiger partial charge in [-0.05, 0) is 52.1 Å². The van der Waals surface area contributed by atoms with Crippen LogP contribution in [0.2, 0.25) is 0 Å². The minimum atomic E-state index is -0.772. The molecule has 28 heavy (non-hydrogen) atoms. The number of piperidine rings is 1. The molecular weight excluding hydrogens is 374 g/mol. The first-order valence-electron chi connectivity index (χ1n) is 9.74. The maximum atomic E-state index is 10.7. The maximum Gasteiger partial charge on any atom is 0.224 e. The molecule has 0 aromatic carbocycles. The second-order valence-electron chi connectivity index (χ2n) is 7.72. The summed E-state index contributed by atoms with van der Waals surface area (Å²) in [4.78, 5) is 13.6. The standard InChI is InChI=1S/C19H25N7OS/c1-19(27)6-2-3-15(19)25-16-14(17-23-13(9-20)11-28-17)10-22-18(26-16)24-12-4-7-21-8-5-12/h10-12,15,21,27H,2-8H2,1H3,(H2,22,24,25,26)/t15-,19-/m1/s1. The van der Waals surface area contributed by atoms with E-state index in [2.05, 4.69) is 32.0 Å². The van der Waals surface area contributed by atoms with Crippen molar-refractivity contribution in [3.05, 3.63) is 17.3 Å². The zero-order valence-electron chi connectivity index (χ0n) is 15.9. The fourth-order valence-electron chi connectivity index (χ4n) is 3.86. The lowest BCUT2D eigenvalue weighted by atomic mass is 10.0. The van der Waals surface area contributed by atoms with Crippen LogP contribution in [0.5, 0.6) is 0 Å². The van der Waals surface area contributed by atoms with E-state index in [0.29, 0.717) is 28.5 Å². The van der Waals surface area contributed by atoms with Gasteiger partial charge in [0.1, 0.15) is 16.9 Å². The molecule has 1 aliphatic carbocycles.